The molecule has 26 nitrogen and oxygen atoms in total. The van der Waals surface area contributed by atoms with Gasteiger partial charge in [-0.05, 0) is 114 Å². The first kappa shape index (κ1) is 85.8. The SMILES string of the molecule is CCO[C@@H]1C[C@H]2C(=O)NC3(CCCC3)C(=O)N(C)[C@@H](C3CCCCC3)C(=O)N(C)[C@H](C(=O)N3C4CCC3COC4)CC(=O)N(C)[C@@H](CC(C)C)C(=O)N[C@@H]([C@@H](C)CC)C(=O)N(C)CC(=O)N(C)CC(=O)N(C)[C@@H](CC3CCCCC3)C(=O)N(C)CC(=O)N[C@@H](CCC3CC(F)C(C(F)(F)F)C(F)C3)C(=O)N2C1. The second kappa shape index (κ2) is 37.8. The molecule has 0 aromatic rings. The molecule has 4 heterocycles. The number of nitrogens with zero attached hydrogens (tertiary/aromatic N) is 9. The van der Waals surface area contributed by atoms with Crippen LogP contribution in [0.3, 0.4) is 0 Å². The Morgan fingerprint density at radius 3 is 1.77 bits per heavy atom. The van der Waals surface area contributed by atoms with E-state index in [1.54, 1.807) is 18.7 Å². The Balaban J connectivity index is 1.20. The Kier molecular flexibility index (Phi) is 30.3. The van der Waals surface area contributed by atoms with Crippen molar-refractivity contribution in [3.8, 4) is 0 Å². The molecule has 13 atom stereocenters. The van der Waals surface area contributed by atoms with Gasteiger partial charge in [-0.1, -0.05) is 98.3 Å². The Morgan fingerprint density at radius 1 is 0.607 bits per heavy atom. The minimum absolute atomic E-state index is 0.0291. The number of carbonyl (C=O) groups excluding carboxylic acids is 12. The average Bonchev–Trinajstić information content (AvgIpc) is 1.75. The lowest BCUT2D eigenvalue weighted by molar-refractivity contribution is -0.219. The van der Waals surface area contributed by atoms with Crippen LogP contribution < -0.4 is 16.0 Å². The van der Waals surface area contributed by atoms with Crippen molar-refractivity contribution in [2.24, 2.45) is 35.5 Å². The predicted molar refractivity (Wildman–Crippen MR) is 385 cm³/mol. The smallest absolute Gasteiger partial charge is 0.377 e. The van der Waals surface area contributed by atoms with Gasteiger partial charge in [0.1, 0.15) is 66.1 Å². The number of nitrogens with one attached hydrogen (secondary N) is 3. The van der Waals surface area contributed by atoms with E-state index in [-0.39, 0.29) is 95.2 Å². The highest BCUT2D eigenvalue weighted by molar-refractivity contribution is 6.01. The number of alkyl halides is 5. The molecule has 8 aliphatic rings. The van der Waals surface area contributed by atoms with Gasteiger partial charge in [-0.2, -0.15) is 13.2 Å². The first-order valence-corrected chi connectivity index (χ1v) is 39.4. The van der Waals surface area contributed by atoms with E-state index in [0.29, 0.717) is 57.8 Å². The van der Waals surface area contributed by atoms with Crippen molar-refractivity contribution in [2.45, 2.75) is 280 Å². The van der Waals surface area contributed by atoms with Gasteiger partial charge in [0.15, 0.2) is 0 Å². The summed E-state index contributed by atoms with van der Waals surface area (Å²) in [7, 11) is 9.82. The second-order valence-corrected chi connectivity index (χ2v) is 32.7. The highest BCUT2D eigenvalue weighted by Crippen LogP contribution is 2.45. The number of halogens is 5. The maximum absolute atomic E-state index is 16.1. The lowest BCUT2D eigenvalue weighted by atomic mass is 9.76. The topological polar surface area (TPSA) is 289 Å². The molecule has 12 amide bonds. The minimum Gasteiger partial charge on any atom is -0.377 e. The highest BCUT2D eigenvalue weighted by atomic mass is 19.4. The van der Waals surface area contributed by atoms with Crippen LogP contribution in [0.4, 0.5) is 22.0 Å². The Morgan fingerprint density at radius 2 is 1.19 bits per heavy atom. The van der Waals surface area contributed by atoms with E-state index in [1.165, 1.54) is 73.8 Å². The van der Waals surface area contributed by atoms with Crippen molar-refractivity contribution < 1.29 is 89.0 Å². The highest BCUT2D eigenvalue weighted by Gasteiger charge is 2.56. The summed E-state index contributed by atoms with van der Waals surface area (Å²) in [6.07, 6.45) is -3.58. The van der Waals surface area contributed by atoms with Gasteiger partial charge < -0.3 is 69.5 Å². The van der Waals surface area contributed by atoms with Crippen LogP contribution in [0.15, 0.2) is 0 Å². The molecule has 4 aliphatic heterocycles. The van der Waals surface area contributed by atoms with Gasteiger partial charge in [0.2, 0.25) is 70.9 Å². The molecule has 8 rings (SSSR count). The first-order valence-electron chi connectivity index (χ1n) is 39.4. The predicted octanol–water partition coefficient (Wildman–Crippen LogP) is 5.56. The summed E-state index contributed by atoms with van der Waals surface area (Å²) in [6.45, 7) is 7.50. The molecule has 4 saturated heterocycles. The van der Waals surface area contributed by atoms with E-state index in [0.717, 1.165) is 53.2 Å². The van der Waals surface area contributed by atoms with E-state index in [2.05, 4.69) is 16.0 Å². The Hall–Kier alpha value is -6.79. The van der Waals surface area contributed by atoms with Crippen LogP contribution in [0.1, 0.15) is 195 Å². The second-order valence-electron chi connectivity index (χ2n) is 32.7. The van der Waals surface area contributed by atoms with E-state index in [1.807, 2.05) is 20.8 Å². The minimum atomic E-state index is -5.17. The van der Waals surface area contributed by atoms with Crippen molar-refractivity contribution >= 4 is 70.9 Å². The van der Waals surface area contributed by atoms with Gasteiger partial charge in [0, 0.05) is 68.9 Å². The zero-order valence-electron chi connectivity index (χ0n) is 65.1. The zero-order valence-corrected chi connectivity index (χ0v) is 65.1. The molecule has 4 aliphatic carbocycles. The number of amides is 12. The maximum Gasteiger partial charge on any atom is 0.397 e. The van der Waals surface area contributed by atoms with Gasteiger partial charge in [0.05, 0.1) is 57.5 Å². The van der Waals surface area contributed by atoms with Gasteiger partial charge in [-0.15, -0.1) is 0 Å². The van der Waals surface area contributed by atoms with Crippen molar-refractivity contribution in [2.75, 3.05) is 95.3 Å². The number of hydrogen-bond acceptors (Lipinski definition) is 14. The zero-order chi connectivity index (χ0) is 78.7. The fourth-order valence-corrected chi connectivity index (χ4v) is 18.1. The van der Waals surface area contributed by atoms with Crippen molar-refractivity contribution in [1.82, 2.24) is 60.0 Å². The molecule has 0 radical (unpaired) electrons. The Bertz CT molecular complexity index is 3120. The summed E-state index contributed by atoms with van der Waals surface area (Å²) in [6, 6.07) is -10.1. The monoisotopic (exact) mass is 1520 g/mol. The molecule has 107 heavy (non-hydrogen) atoms. The average molecular weight is 1520 g/mol. The van der Waals surface area contributed by atoms with E-state index < -0.39 is 206 Å². The fraction of sp³-hybridized carbons (Fsp3) is 0.842. The summed E-state index contributed by atoms with van der Waals surface area (Å²) in [4.78, 5) is 193. The standard InChI is InChI=1S/C76H121F5N12O14/c1-13-46(5)65-72(103)87(8)41-62(96)85(6)42-63(97)89(10)58(36-47-23-17-15-18-24-47)70(101)86(7)40-60(94)82-55(30-27-48-34-53(77)64(54(78)35-48)76(79,80)81)69(100)92-39-52(107-14-2)37-57(92)68(99)84-75(31-21-22-32-75)74(105)91(12)66(49-25-19-16-20-26-49)73(104)90(11)59(71(102)93-50-28-29-51(93)44-106-43-50)38-61(95)88(9)56(33-45(3)4)67(98)83-65/h45-59,64-66H,13-44H2,1-12H3,(H,82,94)(H,83,98)(H,84,99)/t46-,48?,50?,51?,52+,53?,54?,55-,56-,57-,58-,59-,64?,65-,66-/m0/s1. The molecule has 4 saturated carbocycles. The number of hydrogen-bond donors (Lipinski definition) is 3. The van der Waals surface area contributed by atoms with Gasteiger partial charge in [0.25, 0.3) is 0 Å². The molecule has 31 heteroatoms. The van der Waals surface area contributed by atoms with Gasteiger partial charge in [-0.3, -0.25) is 57.5 Å². The first-order chi connectivity index (χ1) is 50.5. The van der Waals surface area contributed by atoms with Crippen molar-refractivity contribution in [3.05, 3.63) is 0 Å². The molecule has 3 N–H and O–H groups in total. The molecular weight excluding hydrogens is 1400 g/mol. The molecular formula is C76H121F5N12O14. The van der Waals surface area contributed by atoms with Crippen LogP contribution in [0.2, 0.25) is 0 Å². The summed E-state index contributed by atoms with van der Waals surface area (Å²) in [5.41, 5.74) is -1.68. The largest absolute Gasteiger partial charge is 0.397 e. The summed E-state index contributed by atoms with van der Waals surface area (Å²) in [5.74, 6) is -13.5. The quantitative estimate of drug-likeness (QED) is 0.191. The number of likely N-dealkylation sites (N-methyl/N-ethyl adjacent to an activating group) is 7. The molecule has 2 bridgehead atoms. The third-order valence-corrected chi connectivity index (χ3v) is 24.7. The molecule has 1 spiro atoms. The molecule has 0 aromatic carbocycles. The summed E-state index contributed by atoms with van der Waals surface area (Å²) in [5, 5.41) is 8.67. The van der Waals surface area contributed by atoms with Crippen molar-refractivity contribution in [1.29, 1.82) is 0 Å². The number of ether oxygens (including phenoxy) is 2. The normalized spacial score (nSPS) is 32.1. The van der Waals surface area contributed by atoms with Crippen LogP contribution in [-0.4, -0.2) is 295 Å². The van der Waals surface area contributed by atoms with E-state index >= 15 is 42.3 Å². The van der Waals surface area contributed by atoms with Crippen LogP contribution >= 0.6 is 0 Å². The van der Waals surface area contributed by atoms with Gasteiger partial charge >= 0.3 is 6.18 Å². The summed E-state index contributed by atoms with van der Waals surface area (Å²) < 4.78 is 84.8. The third-order valence-electron chi connectivity index (χ3n) is 24.7. The van der Waals surface area contributed by atoms with E-state index in [9.17, 15) is 37.1 Å². The Labute approximate surface area is 628 Å². The maximum atomic E-state index is 16.1. The fourth-order valence-electron chi connectivity index (χ4n) is 18.1. The van der Waals surface area contributed by atoms with Crippen LogP contribution in [-0.2, 0) is 67.0 Å². The lowest BCUT2D eigenvalue weighted by Gasteiger charge is -2.44. The molecule has 8 fully saturated rings. The molecule has 0 aromatic heterocycles. The number of carbonyl (C=O) groups is 12. The number of morpholine rings is 1. The van der Waals surface area contributed by atoms with Crippen LogP contribution in [0.25, 0.3) is 0 Å². The number of rotatable bonds is 13. The lowest BCUT2D eigenvalue weighted by Crippen LogP contribution is -2.65. The van der Waals surface area contributed by atoms with Crippen molar-refractivity contribution in [3.63, 3.8) is 0 Å². The number of fused-ring (bicyclic) bond motifs is 3. The van der Waals surface area contributed by atoms with Gasteiger partial charge in [-0.25, -0.2) is 8.78 Å². The van der Waals surface area contributed by atoms with Crippen LogP contribution in [0, 0.1) is 35.5 Å². The molecule has 604 valence electrons. The van der Waals surface area contributed by atoms with E-state index in [4.69, 9.17) is 9.47 Å². The summed E-state index contributed by atoms with van der Waals surface area (Å²) >= 11 is 0. The third kappa shape index (κ3) is 20.8. The molecule has 4 unspecified atom stereocenters. The van der Waals surface area contributed by atoms with Crippen LogP contribution in [0.5, 0.6) is 0 Å².